The summed E-state index contributed by atoms with van der Waals surface area (Å²) in [6, 6.07) is 0. The summed E-state index contributed by atoms with van der Waals surface area (Å²) in [6.45, 7) is 8.75. The highest BCUT2D eigenvalue weighted by Gasteiger charge is 2.17. The van der Waals surface area contributed by atoms with Crippen molar-refractivity contribution in [2.45, 2.75) is 71.6 Å². The van der Waals surface area contributed by atoms with Crippen LogP contribution in [0.5, 0.6) is 0 Å². The van der Waals surface area contributed by atoms with E-state index in [0.717, 1.165) is 5.92 Å². The summed E-state index contributed by atoms with van der Waals surface area (Å²) in [5.74, 6) is 0.994. The maximum absolute atomic E-state index is 2.71. The highest BCUT2D eigenvalue weighted by atomic mass is 15.1. The molecular weight excluding hydrogens is 194 g/mol. The molecule has 1 unspecified atom stereocenters. The lowest BCUT2D eigenvalue weighted by atomic mass is 9.95. The van der Waals surface area contributed by atoms with Crippen LogP contribution >= 0.6 is 0 Å². The molecule has 1 fully saturated rings. The van der Waals surface area contributed by atoms with Crippen molar-refractivity contribution in [3.63, 3.8) is 0 Å². The van der Waals surface area contributed by atoms with Crippen molar-refractivity contribution >= 4 is 0 Å². The van der Waals surface area contributed by atoms with E-state index in [4.69, 9.17) is 0 Å². The van der Waals surface area contributed by atoms with Crippen LogP contribution in [-0.2, 0) is 0 Å². The molecule has 1 aliphatic heterocycles. The van der Waals surface area contributed by atoms with Crippen LogP contribution in [0.4, 0.5) is 0 Å². The van der Waals surface area contributed by atoms with Crippen molar-refractivity contribution in [2.24, 2.45) is 5.92 Å². The average molecular weight is 225 g/mol. The number of rotatable bonds is 8. The molecule has 1 aliphatic rings. The number of likely N-dealkylation sites (tertiary alicyclic amines) is 1. The number of piperidine rings is 1. The zero-order valence-electron chi connectivity index (χ0n) is 11.5. The van der Waals surface area contributed by atoms with E-state index < -0.39 is 0 Å². The molecule has 1 heteroatoms. The van der Waals surface area contributed by atoms with Gasteiger partial charge in [-0.1, -0.05) is 52.4 Å². The van der Waals surface area contributed by atoms with Gasteiger partial charge in [0.1, 0.15) is 0 Å². The van der Waals surface area contributed by atoms with Crippen LogP contribution in [0.15, 0.2) is 0 Å². The van der Waals surface area contributed by atoms with Gasteiger partial charge in [0, 0.05) is 6.54 Å². The van der Waals surface area contributed by atoms with Gasteiger partial charge in [-0.25, -0.2) is 0 Å². The van der Waals surface area contributed by atoms with Crippen LogP contribution in [0.25, 0.3) is 0 Å². The van der Waals surface area contributed by atoms with Gasteiger partial charge in [-0.2, -0.15) is 0 Å². The molecule has 0 aromatic rings. The van der Waals surface area contributed by atoms with Gasteiger partial charge in [0.15, 0.2) is 0 Å². The van der Waals surface area contributed by atoms with E-state index >= 15 is 0 Å². The highest BCUT2D eigenvalue weighted by Crippen LogP contribution is 2.19. The van der Waals surface area contributed by atoms with Crippen molar-refractivity contribution in [1.82, 2.24) is 4.90 Å². The van der Waals surface area contributed by atoms with E-state index in [1.54, 1.807) is 0 Å². The molecule has 0 aliphatic carbocycles. The van der Waals surface area contributed by atoms with Crippen molar-refractivity contribution in [1.29, 1.82) is 0 Å². The number of hydrogen-bond donors (Lipinski definition) is 0. The molecule has 1 nitrogen and oxygen atoms in total. The van der Waals surface area contributed by atoms with Crippen LogP contribution in [0.2, 0.25) is 0 Å². The van der Waals surface area contributed by atoms with E-state index in [0.29, 0.717) is 0 Å². The highest BCUT2D eigenvalue weighted by molar-refractivity contribution is 4.71. The number of hydrogen-bond acceptors (Lipinski definition) is 1. The van der Waals surface area contributed by atoms with Crippen molar-refractivity contribution < 1.29 is 0 Å². The lowest BCUT2D eigenvalue weighted by Crippen LogP contribution is -2.35. The van der Waals surface area contributed by atoms with Gasteiger partial charge < -0.3 is 4.90 Å². The Morgan fingerprint density at radius 2 is 1.75 bits per heavy atom. The minimum atomic E-state index is 0.994. The standard InChI is InChI=1S/C15H31N/c1-3-5-6-7-8-9-12-16-13-10-11-15(4-2)14-16/h15H,3-14H2,1-2H3. The predicted molar refractivity (Wildman–Crippen MR) is 72.8 cm³/mol. The SMILES string of the molecule is CCCCCCCCN1CCCC(CC)C1. The molecular formula is C15H31N. The van der Waals surface area contributed by atoms with Crippen LogP contribution in [0.1, 0.15) is 71.6 Å². The van der Waals surface area contributed by atoms with Gasteiger partial charge in [0.2, 0.25) is 0 Å². The fourth-order valence-corrected chi connectivity index (χ4v) is 2.80. The van der Waals surface area contributed by atoms with Gasteiger partial charge >= 0.3 is 0 Å². The van der Waals surface area contributed by atoms with Gasteiger partial charge in [0.25, 0.3) is 0 Å². The molecule has 1 heterocycles. The molecule has 0 spiro atoms. The van der Waals surface area contributed by atoms with E-state index in [9.17, 15) is 0 Å². The lowest BCUT2D eigenvalue weighted by Gasteiger charge is -2.32. The molecule has 0 saturated carbocycles. The summed E-state index contributed by atoms with van der Waals surface area (Å²) in [4.78, 5) is 2.71. The maximum Gasteiger partial charge on any atom is 0.000956 e. The second-order valence-electron chi connectivity index (χ2n) is 5.48. The minimum Gasteiger partial charge on any atom is -0.303 e. The predicted octanol–water partition coefficient (Wildman–Crippen LogP) is 4.47. The molecule has 1 atom stereocenters. The first-order chi connectivity index (χ1) is 7.86. The van der Waals surface area contributed by atoms with Gasteiger partial charge in [-0.05, 0) is 38.3 Å². The Morgan fingerprint density at radius 3 is 2.50 bits per heavy atom. The van der Waals surface area contributed by atoms with Crippen molar-refractivity contribution in [3.05, 3.63) is 0 Å². The number of nitrogens with zero attached hydrogens (tertiary/aromatic N) is 1. The minimum absolute atomic E-state index is 0.994. The molecule has 0 bridgehead atoms. The fourth-order valence-electron chi connectivity index (χ4n) is 2.80. The Balaban J connectivity index is 1.95. The summed E-state index contributed by atoms with van der Waals surface area (Å²) in [5, 5.41) is 0. The largest absolute Gasteiger partial charge is 0.303 e. The third-order valence-corrected chi connectivity index (χ3v) is 4.01. The molecule has 1 saturated heterocycles. The van der Waals surface area contributed by atoms with Crippen molar-refractivity contribution in [2.75, 3.05) is 19.6 Å². The fraction of sp³-hybridized carbons (Fsp3) is 1.00. The summed E-state index contributed by atoms with van der Waals surface area (Å²) in [5.41, 5.74) is 0. The van der Waals surface area contributed by atoms with E-state index in [-0.39, 0.29) is 0 Å². The first kappa shape index (κ1) is 14.0. The van der Waals surface area contributed by atoms with Gasteiger partial charge in [-0.3, -0.25) is 0 Å². The summed E-state index contributed by atoms with van der Waals surface area (Å²) in [6.07, 6.45) is 12.9. The molecule has 96 valence electrons. The third kappa shape index (κ3) is 5.89. The Labute approximate surface area is 103 Å². The smallest absolute Gasteiger partial charge is 0.000956 e. The van der Waals surface area contributed by atoms with Crippen LogP contribution in [0, 0.1) is 5.92 Å². The first-order valence-corrected chi connectivity index (χ1v) is 7.59. The second kappa shape index (κ2) is 9.04. The van der Waals surface area contributed by atoms with Crippen LogP contribution in [-0.4, -0.2) is 24.5 Å². The molecule has 1 rings (SSSR count). The zero-order chi connectivity index (χ0) is 11.6. The number of unbranched alkanes of at least 4 members (excludes halogenated alkanes) is 5. The average Bonchev–Trinajstić information content (AvgIpc) is 2.34. The Bertz CT molecular complexity index is 156. The second-order valence-corrected chi connectivity index (χ2v) is 5.48. The third-order valence-electron chi connectivity index (χ3n) is 4.01. The summed E-state index contributed by atoms with van der Waals surface area (Å²) < 4.78 is 0. The molecule has 0 amide bonds. The van der Waals surface area contributed by atoms with Crippen LogP contribution < -0.4 is 0 Å². The van der Waals surface area contributed by atoms with Gasteiger partial charge in [0.05, 0.1) is 0 Å². The Morgan fingerprint density at radius 1 is 1.00 bits per heavy atom. The summed E-state index contributed by atoms with van der Waals surface area (Å²) >= 11 is 0. The van der Waals surface area contributed by atoms with Crippen molar-refractivity contribution in [3.8, 4) is 0 Å². The normalized spacial score (nSPS) is 22.5. The van der Waals surface area contributed by atoms with Gasteiger partial charge in [-0.15, -0.1) is 0 Å². The molecule has 0 N–H and O–H groups in total. The Hall–Kier alpha value is -0.0400. The van der Waals surface area contributed by atoms with E-state index in [2.05, 4.69) is 18.7 Å². The molecule has 0 radical (unpaired) electrons. The summed E-state index contributed by atoms with van der Waals surface area (Å²) in [7, 11) is 0. The first-order valence-electron chi connectivity index (χ1n) is 7.59. The molecule has 16 heavy (non-hydrogen) atoms. The van der Waals surface area contributed by atoms with E-state index in [1.807, 2.05) is 0 Å². The molecule has 0 aromatic heterocycles. The monoisotopic (exact) mass is 225 g/mol. The lowest BCUT2D eigenvalue weighted by molar-refractivity contribution is 0.169. The van der Waals surface area contributed by atoms with Crippen LogP contribution in [0.3, 0.4) is 0 Å². The van der Waals surface area contributed by atoms with E-state index in [1.165, 1.54) is 77.4 Å². The maximum atomic E-state index is 2.71. The molecule has 0 aromatic carbocycles. The zero-order valence-corrected chi connectivity index (χ0v) is 11.5. The Kier molecular flexibility index (Phi) is 7.92. The topological polar surface area (TPSA) is 3.24 Å². The quantitative estimate of drug-likeness (QED) is 0.551.